The minimum atomic E-state index is 0. The third-order valence-corrected chi connectivity index (χ3v) is 3.96. The fourth-order valence-corrected chi connectivity index (χ4v) is 2.98. The summed E-state index contributed by atoms with van der Waals surface area (Å²) in [6.07, 6.45) is 6.88. The molecule has 0 aliphatic heterocycles. The molecule has 0 N–H and O–H groups in total. The van der Waals surface area contributed by atoms with E-state index in [0.717, 1.165) is 32.2 Å². The third kappa shape index (κ3) is 5.21. The van der Waals surface area contributed by atoms with E-state index in [1.54, 1.807) is 0 Å². The summed E-state index contributed by atoms with van der Waals surface area (Å²) in [5.74, 6) is 1.23. The summed E-state index contributed by atoms with van der Waals surface area (Å²) in [5, 5.41) is 0. The van der Waals surface area contributed by atoms with Crippen LogP contribution in [0.15, 0.2) is 4.99 Å². The standard InChI is InChI=1S/C15H31N3.ClH/c1-5-16-15(17(6-2)7-3)18(8-4)14-12-10-9-11-13-14;/h14H,5-13H2,1-4H3;1H. The third-order valence-electron chi connectivity index (χ3n) is 3.96. The molecule has 0 bridgehead atoms. The predicted octanol–water partition coefficient (Wildman–Crippen LogP) is 3.78. The Labute approximate surface area is 125 Å². The molecule has 0 spiro atoms. The lowest BCUT2D eigenvalue weighted by atomic mass is 9.94. The Morgan fingerprint density at radius 3 is 1.95 bits per heavy atom. The van der Waals surface area contributed by atoms with E-state index in [-0.39, 0.29) is 12.4 Å². The molecule has 0 radical (unpaired) electrons. The van der Waals surface area contributed by atoms with Gasteiger partial charge in [0.1, 0.15) is 0 Å². The van der Waals surface area contributed by atoms with Crippen LogP contribution in [0, 0.1) is 0 Å². The summed E-state index contributed by atoms with van der Waals surface area (Å²) < 4.78 is 0. The van der Waals surface area contributed by atoms with Crippen molar-refractivity contribution in [3.8, 4) is 0 Å². The van der Waals surface area contributed by atoms with Crippen molar-refractivity contribution in [3.05, 3.63) is 0 Å². The molecule has 1 rings (SSSR count). The van der Waals surface area contributed by atoms with E-state index in [9.17, 15) is 0 Å². The van der Waals surface area contributed by atoms with E-state index < -0.39 is 0 Å². The van der Waals surface area contributed by atoms with Crippen molar-refractivity contribution in [1.29, 1.82) is 0 Å². The first-order valence-electron chi connectivity index (χ1n) is 7.84. The smallest absolute Gasteiger partial charge is 0.196 e. The predicted molar refractivity (Wildman–Crippen MR) is 87.4 cm³/mol. The first kappa shape index (κ1) is 18.6. The summed E-state index contributed by atoms with van der Waals surface area (Å²) in [7, 11) is 0. The second-order valence-corrected chi connectivity index (χ2v) is 5.02. The SMILES string of the molecule is CCN=C(N(CC)CC)N(CC)C1CCCCC1.Cl. The first-order valence-corrected chi connectivity index (χ1v) is 7.84. The molecule has 0 amide bonds. The van der Waals surface area contributed by atoms with Crippen LogP contribution < -0.4 is 0 Å². The lowest BCUT2D eigenvalue weighted by Gasteiger charge is -2.39. The van der Waals surface area contributed by atoms with Crippen LogP contribution in [0.25, 0.3) is 0 Å². The maximum absolute atomic E-state index is 4.78. The molecule has 1 saturated carbocycles. The molecular formula is C15H32ClN3. The van der Waals surface area contributed by atoms with Crippen LogP contribution in [-0.2, 0) is 0 Å². The van der Waals surface area contributed by atoms with Gasteiger partial charge in [0.25, 0.3) is 0 Å². The van der Waals surface area contributed by atoms with E-state index in [1.165, 1.54) is 38.1 Å². The van der Waals surface area contributed by atoms with Gasteiger partial charge < -0.3 is 9.80 Å². The van der Waals surface area contributed by atoms with Crippen LogP contribution in [0.1, 0.15) is 59.8 Å². The van der Waals surface area contributed by atoms with Gasteiger partial charge in [-0.05, 0) is 40.5 Å². The highest BCUT2D eigenvalue weighted by atomic mass is 35.5. The van der Waals surface area contributed by atoms with Crippen LogP contribution in [0.4, 0.5) is 0 Å². The molecule has 0 atom stereocenters. The molecule has 0 heterocycles. The maximum Gasteiger partial charge on any atom is 0.196 e. The van der Waals surface area contributed by atoms with E-state index in [1.807, 2.05) is 0 Å². The van der Waals surface area contributed by atoms with Crippen molar-refractivity contribution in [2.45, 2.75) is 65.8 Å². The van der Waals surface area contributed by atoms with E-state index >= 15 is 0 Å². The van der Waals surface area contributed by atoms with Crippen LogP contribution in [0.3, 0.4) is 0 Å². The van der Waals surface area contributed by atoms with Gasteiger partial charge in [-0.25, -0.2) is 0 Å². The van der Waals surface area contributed by atoms with Gasteiger partial charge in [0.2, 0.25) is 0 Å². The van der Waals surface area contributed by atoms with Crippen molar-refractivity contribution >= 4 is 18.4 Å². The molecule has 4 heteroatoms. The topological polar surface area (TPSA) is 18.8 Å². The second kappa shape index (κ2) is 10.4. The fourth-order valence-electron chi connectivity index (χ4n) is 2.98. The number of nitrogens with zero attached hydrogens (tertiary/aromatic N) is 3. The van der Waals surface area contributed by atoms with Crippen LogP contribution in [0.2, 0.25) is 0 Å². The van der Waals surface area contributed by atoms with E-state index in [4.69, 9.17) is 4.99 Å². The number of hydrogen-bond donors (Lipinski definition) is 0. The quantitative estimate of drug-likeness (QED) is 0.566. The van der Waals surface area contributed by atoms with Crippen molar-refractivity contribution in [2.24, 2.45) is 4.99 Å². The molecular weight excluding hydrogens is 258 g/mol. The average Bonchev–Trinajstić information content (AvgIpc) is 2.42. The molecule has 1 aliphatic rings. The zero-order valence-corrected chi connectivity index (χ0v) is 14.0. The summed E-state index contributed by atoms with van der Waals surface area (Å²) in [6.45, 7) is 12.9. The van der Waals surface area contributed by atoms with Gasteiger partial charge in [0, 0.05) is 32.2 Å². The highest BCUT2D eigenvalue weighted by Crippen LogP contribution is 2.23. The minimum absolute atomic E-state index is 0. The largest absolute Gasteiger partial charge is 0.343 e. The number of aliphatic imine (C=N–C) groups is 1. The fraction of sp³-hybridized carbons (Fsp3) is 0.933. The van der Waals surface area contributed by atoms with Gasteiger partial charge in [-0.3, -0.25) is 4.99 Å². The lowest BCUT2D eigenvalue weighted by Crippen LogP contribution is -2.49. The molecule has 1 fully saturated rings. The van der Waals surface area contributed by atoms with Crippen molar-refractivity contribution < 1.29 is 0 Å². The Balaban J connectivity index is 0.00000324. The number of guanidine groups is 1. The summed E-state index contributed by atoms with van der Waals surface area (Å²) in [5.41, 5.74) is 0. The van der Waals surface area contributed by atoms with E-state index in [2.05, 4.69) is 37.5 Å². The molecule has 0 aromatic heterocycles. The van der Waals surface area contributed by atoms with Gasteiger partial charge in [-0.2, -0.15) is 0 Å². The Morgan fingerprint density at radius 1 is 0.947 bits per heavy atom. The van der Waals surface area contributed by atoms with Crippen LogP contribution in [0.5, 0.6) is 0 Å². The van der Waals surface area contributed by atoms with Gasteiger partial charge in [0.05, 0.1) is 0 Å². The Morgan fingerprint density at radius 2 is 1.53 bits per heavy atom. The lowest BCUT2D eigenvalue weighted by molar-refractivity contribution is 0.221. The molecule has 19 heavy (non-hydrogen) atoms. The number of halogens is 1. The normalized spacial score (nSPS) is 16.9. The van der Waals surface area contributed by atoms with Crippen molar-refractivity contribution in [1.82, 2.24) is 9.80 Å². The molecule has 114 valence electrons. The van der Waals surface area contributed by atoms with Crippen LogP contribution >= 0.6 is 12.4 Å². The summed E-state index contributed by atoms with van der Waals surface area (Å²) >= 11 is 0. The molecule has 0 aromatic rings. The summed E-state index contributed by atoms with van der Waals surface area (Å²) in [4.78, 5) is 9.74. The highest BCUT2D eigenvalue weighted by molar-refractivity contribution is 5.85. The number of hydrogen-bond acceptors (Lipinski definition) is 1. The average molecular weight is 290 g/mol. The van der Waals surface area contributed by atoms with Gasteiger partial charge in [-0.1, -0.05) is 19.3 Å². The molecule has 0 saturated heterocycles. The first-order chi connectivity index (χ1) is 8.78. The second-order valence-electron chi connectivity index (χ2n) is 5.02. The highest BCUT2D eigenvalue weighted by Gasteiger charge is 2.24. The Hall–Kier alpha value is -0.440. The summed E-state index contributed by atoms with van der Waals surface area (Å²) in [6, 6.07) is 0.717. The maximum atomic E-state index is 4.78. The Kier molecular flexibility index (Phi) is 10.1. The van der Waals surface area contributed by atoms with E-state index in [0.29, 0.717) is 0 Å². The molecule has 0 aromatic carbocycles. The Bertz CT molecular complexity index is 246. The monoisotopic (exact) mass is 289 g/mol. The number of rotatable bonds is 5. The molecule has 0 unspecified atom stereocenters. The van der Waals surface area contributed by atoms with Gasteiger partial charge >= 0.3 is 0 Å². The molecule has 3 nitrogen and oxygen atoms in total. The van der Waals surface area contributed by atoms with Gasteiger partial charge in [-0.15, -0.1) is 12.4 Å². The zero-order valence-electron chi connectivity index (χ0n) is 13.2. The molecule has 1 aliphatic carbocycles. The van der Waals surface area contributed by atoms with Crippen LogP contribution in [-0.4, -0.2) is 48.0 Å². The minimum Gasteiger partial charge on any atom is -0.343 e. The van der Waals surface area contributed by atoms with Crippen molar-refractivity contribution in [3.63, 3.8) is 0 Å². The zero-order chi connectivity index (χ0) is 13.4. The van der Waals surface area contributed by atoms with Gasteiger partial charge in [0.15, 0.2) is 5.96 Å². The van der Waals surface area contributed by atoms with Crippen molar-refractivity contribution in [2.75, 3.05) is 26.2 Å².